The average molecular weight is 531 g/mol. The number of ether oxygens (including phenoxy) is 2. The van der Waals surface area contributed by atoms with Gasteiger partial charge in [-0.25, -0.2) is 13.2 Å². The number of nitrogen functional groups attached to an aromatic ring is 1. The number of benzene rings is 3. The van der Waals surface area contributed by atoms with Crippen molar-refractivity contribution in [3.63, 3.8) is 0 Å². The molecule has 3 aromatic carbocycles. The molecule has 0 amide bonds. The number of hydrogen-bond acceptors (Lipinski definition) is 8. The summed E-state index contributed by atoms with van der Waals surface area (Å²) in [5.74, 6) is -0.318. The SMILES string of the molecule is COC(=O)c1cc(-c2ccc(Cc3cccnc3)c(C=O)c2N)cc(C)c1S(=O)(=O)c1ccc(OC)cc1. The van der Waals surface area contributed by atoms with Gasteiger partial charge in [0.15, 0.2) is 6.29 Å². The first-order valence-corrected chi connectivity index (χ1v) is 13.1. The summed E-state index contributed by atoms with van der Waals surface area (Å²) >= 11 is 0. The summed E-state index contributed by atoms with van der Waals surface area (Å²) in [6, 6.07) is 16.2. The van der Waals surface area contributed by atoms with Crippen molar-refractivity contribution in [1.29, 1.82) is 0 Å². The van der Waals surface area contributed by atoms with Gasteiger partial charge in [0.05, 0.1) is 35.3 Å². The molecule has 0 aliphatic rings. The van der Waals surface area contributed by atoms with Gasteiger partial charge in [0, 0.05) is 23.5 Å². The topological polar surface area (TPSA) is 126 Å². The number of hydrogen-bond donors (Lipinski definition) is 1. The van der Waals surface area contributed by atoms with Crippen LogP contribution in [0.5, 0.6) is 5.75 Å². The van der Waals surface area contributed by atoms with Gasteiger partial charge in [-0.3, -0.25) is 9.78 Å². The molecule has 4 aromatic rings. The van der Waals surface area contributed by atoms with Crippen LogP contribution < -0.4 is 10.5 Å². The van der Waals surface area contributed by atoms with Crippen molar-refractivity contribution in [3.8, 4) is 16.9 Å². The molecule has 0 saturated heterocycles. The fourth-order valence-electron chi connectivity index (χ4n) is 4.37. The summed E-state index contributed by atoms with van der Waals surface area (Å²) in [7, 11) is -1.43. The second-order valence-corrected chi connectivity index (χ2v) is 10.5. The van der Waals surface area contributed by atoms with Crippen molar-refractivity contribution in [3.05, 3.63) is 101 Å². The molecule has 0 atom stereocenters. The largest absolute Gasteiger partial charge is 0.497 e. The molecule has 0 unspecified atom stereocenters. The monoisotopic (exact) mass is 530 g/mol. The summed E-state index contributed by atoms with van der Waals surface area (Å²) in [4.78, 5) is 28.8. The second kappa shape index (κ2) is 10.9. The minimum absolute atomic E-state index is 0.00168. The van der Waals surface area contributed by atoms with Gasteiger partial charge >= 0.3 is 5.97 Å². The summed E-state index contributed by atoms with van der Waals surface area (Å²) in [5.41, 5.74) is 9.77. The lowest BCUT2D eigenvalue weighted by Gasteiger charge is -2.17. The van der Waals surface area contributed by atoms with Crippen LogP contribution in [0.25, 0.3) is 11.1 Å². The van der Waals surface area contributed by atoms with E-state index >= 15 is 0 Å². The van der Waals surface area contributed by atoms with E-state index in [4.69, 9.17) is 15.2 Å². The first-order chi connectivity index (χ1) is 18.2. The highest BCUT2D eigenvalue weighted by molar-refractivity contribution is 7.91. The number of aromatic nitrogens is 1. The predicted octanol–water partition coefficient (Wildman–Crippen LogP) is 4.67. The summed E-state index contributed by atoms with van der Waals surface area (Å²) in [6.45, 7) is 1.60. The van der Waals surface area contributed by atoms with Gasteiger partial charge in [0.25, 0.3) is 0 Å². The number of anilines is 1. The van der Waals surface area contributed by atoms with Crippen LogP contribution in [0.15, 0.2) is 82.8 Å². The number of carbonyl (C=O) groups excluding carboxylic acids is 2. The number of pyridine rings is 1. The molecule has 0 saturated carbocycles. The number of esters is 1. The summed E-state index contributed by atoms with van der Waals surface area (Å²) in [6.07, 6.45) is 4.53. The van der Waals surface area contributed by atoms with E-state index in [0.717, 1.165) is 11.1 Å². The van der Waals surface area contributed by atoms with Crippen LogP contribution in [-0.2, 0) is 21.0 Å². The van der Waals surface area contributed by atoms with Crippen molar-refractivity contribution in [1.82, 2.24) is 4.98 Å². The van der Waals surface area contributed by atoms with Gasteiger partial charge in [-0.2, -0.15) is 0 Å². The lowest BCUT2D eigenvalue weighted by molar-refractivity contribution is 0.0596. The zero-order chi connectivity index (χ0) is 27.4. The Morgan fingerprint density at radius 1 is 1.05 bits per heavy atom. The van der Waals surface area contributed by atoms with Crippen molar-refractivity contribution < 1.29 is 27.5 Å². The van der Waals surface area contributed by atoms with Crippen LogP contribution in [0, 0.1) is 6.92 Å². The van der Waals surface area contributed by atoms with Crippen molar-refractivity contribution in [2.24, 2.45) is 0 Å². The number of aryl methyl sites for hydroxylation is 1. The Hall–Kier alpha value is -4.50. The lowest BCUT2D eigenvalue weighted by atomic mass is 9.92. The van der Waals surface area contributed by atoms with Crippen LogP contribution in [0.3, 0.4) is 0 Å². The van der Waals surface area contributed by atoms with Gasteiger partial charge in [0.2, 0.25) is 9.84 Å². The quantitative estimate of drug-likeness (QED) is 0.198. The average Bonchev–Trinajstić information content (AvgIpc) is 2.92. The van der Waals surface area contributed by atoms with Crippen LogP contribution in [-0.4, -0.2) is 39.9 Å². The fraction of sp³-hybridized carbons (Fsp3) is 0.138. The Morgan fingerprint density at radius 3 is 2.39 bits per heavy atom. The normalized spacial score (nSPS) is 11.1. The molecule has 2 N–H and O–H groups in total. The highest BCUT2D eigenvalue weighted by atomic mass is 32.2. The van der Waals surface area contributed by atoms with Crippen LogP contribution in [0.2, 0.25) is 0 Å². The Kier molecular flexibility index (Phi) is 7.59. The number of nitrogens with zero attached hydrogens (tertiary/aromatic N) is 1. The molecule has 1 aromatic heterocycles. The summed E-state index contributed by atoms with van der Waals surface area (Å²) in [5, 5.41) is 0. The van der Waals surface area contributed by atoms with E-state index in [1.807, 2.05) is 12.1 Å². The first kappa shape index (κ1) is 26.6. The molecule has 194 valence electrons. The maximum absolute atomic E-state index is 13.6. The van der Waals surface area contributed by atoms with Crippen LogP contribution in [0.1, 0.15) is 37.4 Å². The van der Waals surface area contributed by atoms with Gasteiger partial charge in [-0.05, 0) is 78.1 Å². The number of aldehydes is 1. The zero-order valence-electron chi connectivity index (χ0n) is 21.1. The predicted molar refractivity (Wildman–Crippen MR) is 143 cm³/mol. The number of sulfone groups is 1. The Labute approximate surface area is 221 Å². The molecule has 0 aliphatic carbocycles. The highest BCUT2D eigenvalue weighted by Gasteiger charge is 2.29. The molecule has 1 heterocycles. The third kappa shape index (κ3) is 5.01. The smallest absolute Gasteiger partial charge is 0.339 e. The number of rotatable bonds is 8. The lowest BCUT2D eigenvalue weighted by Crippen LogP contribution is -2.14. The highest BCUT2D eigenvalue weighted by Crippen LogP contribution is 2.36. The molecule has 4 rings (SSSR count). The van der Waals surface area contributed by atoms with E-state index in [9.17, 15) is 18.0 Å². The summed E-state index contributed by atoms with van der Waals surface area (Å²) < 4.78 is 37.3. The van der Waals surface area contributed by atoms with Crippen LogP contribution >= 0.6 is 0 Å². The van der Waals surface area contributed by atoms with E-state index in [2.05, 4.69) is 4.98 Å². The maximum Gasteiger partial charge on any atom is 0.339 e. The zero-order valence-corrected chi connectivity index (χ0v) is 21.9. The van der Waals surface area contributed by atoms with E-state index < -0.39 is 15.8 Å². The molecule has 8 nitrogen and oxygen atoms in total. The maximum atomic E-state index is 13.6. The second-order valence-electron chi connectivity index (χ2n) is 8.60. The van der Waals surface area contributed by atoms with E-state index in [-0.39, 0.29) is 21.0 Å². The molecule has 38 heavy (non-hydrogen) atoms. The Bertz CT molecular complexity index is 1620. The molecule has 0 radical (unpaired) electrons. The molecular weight excluding hydrogens is 504 g/mol. The van der Waals surface area contributed by atoms with Gasteiger partial charge in [0.1, 0.15) is 5.75 Å². The number of methoxy groups -OCH3 is 2. The van der Waals surface area contributed by atoms with Crippen molar-refractivity contribution in [2.75, 3.05) is 20.0 Å². The van der Waals surface area contributed by atoms with E-state index in [1.54, 1.807) is 37.5 Å². The minimum Gasteiger partial charge on any atom is -0.497 e. The Balaban J connectivity index is 1.86. The van der Waals surface area contributed by atoms with E-state index in [0.29, 0.717) is 40.7 Å². The first-order valence-electron chi connectivity index (χ1n) is 11.6. The fourth-order valence-corrected chi connectivity index (χ4v) is 6.01. The molecule has 0 fully saturated rings. The van der Waals surface area contributed by atoms with Gasteiger partial charge in [-0.1, -0.05) is 18.2 Å². The third-order valence-electron chi connectivity index (χ3n) is 6.24. The van der Waals surface area contributed by atoms with Gasteiger partial charge in [-0.15, -0.1) is 0 Å². The van der Waals surface area contributed by atoms with Crippen molar-refractivity contribution >= 4 is 27.8 Å². The number of carbonyl (C=O) groups is 2. The molecule has 0 bridgehead atoms. The van der Waals surface area contributed by atoms with Crippen LogP contribution in [0.4, 0.5) is 5.69 Å². The standard InChI is InChI=1S/C29H26N2O6S/c1-18-13-21(24-11-6-20(26(17-32)27(24)30)14-19-5-4-12-31-16-19)15-25(29(33)37-3)28(18)38(34,35)23-9-7-22(36-2)8-10-23/h4-13,15-17H,14,30H2,1-3H3. The molecule has 0 aliphatic heterocycles. The van der Waals surface area contributed by atoms with Gasteiger partial charge < -0.3 is 15.2 Å². The van der Waals surface area contributed by atoms with Crippen molar-refractivity contribution in [2.45, 2.75) is 23.1 Å². The molecule has 9 heteroatoms. The number of nitrogens with two attached hydrogens (primary N) is 1. The molecular formula is C29H26N2O6S. The minimum atomic E-state index is -4.09. The van der Waals surface area contributed by atoms with E-state index in [1.165, 1.54) is 44.6 Å². The third-order valence-corrected chi connectivity index (χ3v) is 8.21. The Morgan fingerprint density at radius 2 is 1.79 bits per heavy atom. The molecule has 0 spiro atoms.